The molecule has 5 nitrogen and oxygen atoms in total. The van der Waals surface area contributed by atoms with E-state index in [-0.39, 0.29) is 0 Å². The number of aromatic nitrogens is 2. The van der Waals surface area contributed by atoms with Crippen molar-refractivity contribution in [2.75, 3.05) is 4.90 Å². The largest absolute Gasteiger partial charge is 0.456 e. The second kappa shape index (κ2) is 13.5. The van der Waals surface area contributed by atoms with Crippen molar-refractivity contribution in [1.82, 2.24) is 9.55 Å². The molecule has 0 saturated heterocycles. The quantitative estimate of drug-likeness (QED) is 0.169. The fourth-order valence-corrected chi connectivity index (χ4v) is 9.29. The van der Waals surface area contributed by atoms with Crippen molar-refractivity contribution in [3.8, 4) is 28.3 Å². The van der Waals surface area contributed by atoms with Gasteiger partial charge in [0.15, 0.2) is 5.58 Å². The highest BCUT2D eigenvalue weighted by atomic mass is 16.3. The first kappa shape index (κ1) is 34.4. The molecule has 286 valence electrons. The van der Waals surface area contributed by atoms with Crippen LogP contribution in [0.5, 0.6) is 0 Å². The first-order valence-electron chi connectivity index (χ1n) is 20.7. The topological polar surface area (TPSA) is 47.3 Å². The molecule has 11 aromatic rings. The van der Waals surface area contributed by atoms with Gasteiger partial charge in [-0.2, -0.15) is 0 Å². The van der Waals surface area contributed by atoms with Gasteiger partial charge < -0.3 is 18.3 Å². The number of nitrogens with zero attached hydrogens (tertiary/aromatic N) is 3. The number of benzene rings is 8. The summed E-state index contributed by atoms with van der Waals surface area (Å²) in [6.45, 7) is 4.67. The van der Waals surface area contributed by atoms with Gasteiger partial charge in [-0.1, -0.05) is 111 Å². The van der Waals surface area contributed by atoms with Crippen LogP contribution in [0, 0.1) is 5.92 Å². The Morgan fingerprint density at radius 3 is 2.05 bits per heavy atom. The van der Waals surface area contributed by atoms with E-state index in [4.69, 9.17) is 13.8 Å². The van der Waals surface area contributed by atoms with Crippen LogP contribution in [-0.2, 0) is 0 Å². The first-order chi connectivity index (χ1) is 29.6. The molecule has 0 spiro atoms. The molecule has 3 heterocycles. The molecule has 0 fully saturated rings. The summed E-state index contributed by atoms with van der Waals surface area (Å²) in [6.07, 6.45) is 4.68. The lowest BCUT2D eigenvalue weighted by molar-refractivity contribution is 0.564. The van der Waals surface area contributed by atoms with Crippen LogP contribution in [0.1, 0.15) is 31.0 Å². The van der Waals surface area contributed by atoms with Crippen molar-refractivity contribution < 1.29 is 8.83 Å². The summed E-state index contributed by atoms with van der Waals surface area (Å²) in [5, 5.41) is 5.65. The summed E-state index contributed by atoms with van der Waals surface area (Å²) in [5.41, 5.74) is 14.9. The number of hydrogen-bond donors (Lipinski definition) is 0. The average Bonchev–Trinajstić information content (AvgIpc) is 4.01. The number of furan rings is 1. The maximum atomic E-state index is 6.42. The maximum Gasteiger partial charge on any atom is 0.227 e. The molecule has 12 rings (SSSR count). The van der Waals surface area contributed by atoms with Gasteiger partial charge in [-0.25, -0.2) is 4.98 Å². The molecule has 60 heavy (non-hydrogen) atoms. The van der Waals surface area contributed by atoms with Gasteiger partial charge in [0, 0.05) is 67.0 Å². The number of anilines is 3. The van der Waals surface area contributed by atoms with E-state index in [0.29, 0.717) is 17.7 Å². The molecular formula is C55H39N3O2. The van der Waals surface area contributed by atoms with E-state index >= 15 is 0 Å². The lowest BCUT2D eigenvalue weighted by Crippen LogP contribution is -2.14. The molecule has 8 aromatic carbocycles. The first-order valence-corrected chi connectivity index (χ1v) is 20.7. The predicted octanol–water partition coefficient (Wildman–Crippen LogP) is 15.4. The smallest absolute Gasteiger partial charge is 0.227 e. The van der Waals surface area contributed by atoms with Crippen LogP contribution in [0.4, 0.5) is 17.1 Å². The van der Waals surface area contributed by atoms with Crippen molar-refractivity contribution >= 4 is 77.9 Å². The zero-order chi connectivity index (χ0) is 39.9. The Labute approximate surface area is 347 Å². The number of para-hydroxylation sites is 2. The Morgan fingerprint density at radius 2 is 1.22 bits per heavy atom. The fraction of sp³-hybridized carbons (Fsp3) is 0.0727. The third-order valence-electron chi connectivity index (χ3n) is 12.6. The van der Waals surface area contributed by atoms with E-state index in [0.717, 1.165) is 83.3 Å². The minimum Gasteiger partial charge on any atom is -0.456 e. The van der Waals surface area contributed by atoms with E-state index in [1.165, 1.54) is 22.2 Å². The summed E-state index contributed by atoms with van der Waals surface area (Å²) in [5.74, 6) is 1.47. The summed E-state index contributed by atoms with van der Waals surface area (Å²) in [4.78, 5) is 7.17. The van der Waals surface area contributed by atoms with Crippen LogP contribution < -0.4 is 4.90 Å². The Hall–Kier alpha value is -7.63. The second-order valence-corrected chi connectivity index (χ2v) is 16.1. The van der Waals surface area contributed by atoms with Gasteiger partial charge >= 0.3 is 0 Å². The van der Waals surface area contributed by atoms with Crippen molar-refractivity contribution in [2.45, 2.75) is 19.8 Å². The number of allylic oxidation sites excluding steroid dienone is 1. The standard InChI is InChI=1S/C55H39N3O2/c1-34-16-29-46-44-12-6-8-14-50(44)58(53(46)35(34)2)42-26-24-41(25-27-42)57(43-28-31-52-48(33-43)45-13-7-9-15-51(45)59-52)40-22-19-36(20-23-40)39-18-17-37-21-30-49-54(47(37)32-39)60-55(56-49)38-10-4-3-5-11-38/h3-35H,1-2H3. The van der Waals surface area contributed by atoms with Gasteiger partial charge in [0.25, 0.3) is 0 Å². The number of rotatable bonds is 6. The lowest BCUT2D eigenvalue weighted by Gasteiger charge is -2.27. The second-order valence-electron chi connectivity index (χ2n) is 16.1. The molecule has 0 N–H and O–H groups in total. The summed E-state index contributed by atoms with van der Waals surface area (Å²) >= 11 is 0. The summed E-state index contributed by atoms with van der Waals surface area (Å²) < 4.78 is 15.2. The molecule has 1 aliphatic carbocycles. The zero-order valence-electron chi connectivity index (χ0n) is 33.2. The summed E-state index contributed by atoms with van der Waals surface area (Å²) in [6, 6.07) is 62.3. The normalized spacial score (nSPS) is 15.1. The average molecular weight is 774 g/mol. The fourth-order valence-electron chi connectivity index (χ4n) is 9.29. The molecule has 0 saturated carbocycles. The molecular weight excluding hydrogens is 735 g/mol. The third kappa shape index (κ3) is 5.43. The van der Waals surface area contributed by atoms with Gasteiger partial charge in [0.1, 0.15) is 16.7 Å². The van der Waals surface area contributed by atoms with E-state index in [2.05, 4.69) is 163 Å². The third-order valence-corrected chi connectivity index (χ3v) is 12.6. The minimum atomic E-state index is 0.389. The van der Waals surface area contributed by atoms with Crippen LogP contribution in [0.3, 0.4) is 0 Å². The van der Waals surface area contributed by atoms with Crippen LogP contribution in [0.25, 0.3) is 89.1 Å². The van der Waals surface area contributed by atoms with Gasteiger partial charge in [-0.05, 0) is 113 Å². The maximum absolute atomic E-state index is 6.42. The van der Waals surface area contributed by atoms with Gasteiger partial charge in [-0.15, -0.1) is 0 Å². The van der Waals surface area contributed by atoms with Crippen molar-refractivity contribution in [3.63, 3.8) is 0 Å². The number of oxazole rings is 1. The van der Waals surface area contributed by atoms with E-state index in [1.807, 2.05) is 48.5 Å². The Morgan fingerprint density at radius 1 is 0.533 bits per heavy atom. The molecule has 5 heteroatoms. The van der Waals surface area contributed by atoms with Crippen molar-refractivity contribution in [2.24, 2.45) is 5.92 Å². The van der Waals surface area contributed by atoms with Gasteiger partial charge in [0.2, 0.25) is 5.89 Å². The lowest BCUT2D eigenvalue weighted by atomic mass is 9.85. The highest BCUT2D eigenvalue weighted by molar-refractivity contribution is 6.07. The number of hydrogen-bond acceptors (Lipinski definition) is 4. The summed E-state index contributed by atoms with van der Waals surface area (Å²) in [7, 11) is 0. The Bertz CT molecular complexity index is 3460. The van der Waals surface area contributed by atoms with E-state index < -0.39 is 0 Å². The molecule has 0 bridgehead atoms. The highest BCUT2D eigenvalue weighted by Crippen LogP contribution is 2.44. The molecule has 3 aromatic heterocycles. The van der Waals surface area contributed by atoms with Gasteiger partial charge in [0.05, 0.1) is 5.52 Å². The molecule has 0 amide bonds. The van der Waals surface area contributed by atoms with Gasteiger partial charge in [-0.3, -0.25) is 0 Å². The van der Waals surface area contributed by atoms with Crippen molar-refractivity contribution in [1.29, 1.82) is 0 Å². The molecule has 0 aliphatic heterocycles. The van der Waals surface area contributed by atoms with Crippen molar-refractivity contribution in [3.05, 3.63) is 193 Å². The van der Waals surface area contributed by atoms with E-state index in [9.17, 15) is 0 Å². The highest BCUT2D eigenvalue weighted by Gasteiger charge is 2.27. The Kier molecular flexibility index (Phi) is 7.73. The van der Waals surface area contributed by atoms with Crippen LogP contribution in [-0.4, -0.2) is 9.55 Å². The molecule has 2 unspecified atom stereocenters. The zero-order valence-corrected chi connectivity index (χ0v) is 33.2. The van der Waals surface area contributed by atoms with Crippen LogP contribution in [0.15, 0.2) is 191 Å². The molecule has 1 aliphatic rings. The number of fused-ring (bicyclic) bond motifs is 9. The minimum absolute atomic E-state index is 0.389. The molecule has 2 atom stereocenters. The molecule has 0 radical (unpaired) electrons. The van der Waals surface area contributed by atoms with Crippen LogP contribution >= 0.6 is 0 Å². The van der Waals surface area contributed by atoms with Crippen LogP contribution in [0.2, 0.25) is 0 Å². The Balaban J connectivity index is 0.963. The van der Waals surface area contributed by atoms with E-state index in [1.54, 1.807) is 0 Å². The SMILES string of the molecule is CC1C=Cc2c(n(-c3ccc(N(c4ccc(-c5ccc6ccc7nc(-c8ccccc8)oc7c6c5)cc4)c4ccc5oc6ccccc6c5c4)cc3)c3ccccc23)C1C. The monoisotopic (exact) mass is 773 g/mol. The predicted molar refractivity (Wildman–Crippen MR) is 248 cm³/mol.